The van der Waals surface area contributed by atoms with Gasteiger partial charge >= 0.3 is 0 Å². The summed E-state index contributed by atoms with van der Waals surface area (Å²) in [6.07, 6.45) is 0. The number of benzene rings is 8. The molecule has 9 rings (SSSR count). The Morgan fingerprint density at radius 2 is 1.05 bits per heavy atom. The first-order valence-electron chi connectivity index (χ1n) is 13.4. The summed E-state index contributed by atoms with van der Waals surface area (Å²) < 4.78 is 6.52. The van der Waals surface area contributed by atoms with E-state index in [1.807, 2.05) is 6.07 Å². The predicted octanol–water partition coefficient (Wildman–Crippen LogP) is 10.8. The Balaban J connectivity index is 1.35. The van der Waals surface area contributed by atoms with Crippen LogP contribution in [-0.4, -0.2) is 0 Å². The topological polar surface area (TPSA) is 9.23 Å². The second-order valence-corrected chi connectivity index (χ2v) is 10.5. The largest absolute Gasteiger partial charge is 0.456 e. The van der Waals surface area contributed by atoms with Gasteiger partial charge in [-0.1, -0.05) is 109 Å². The average molecular weight is 495 g/mol. The highest BCUT2D eigenvalue weighted by Crippen LogP contribution is 2.49. The van der Waals surface area contributed by atoms with Crippen LogP contribution in [0.3, 0.4) is 0 Å². The summed E-state index contributed by atoms with van der Waals surface area (Å²) in [5.41, 5.74) is 7.32. The molecule has 0 bridgehead atoms. The minimum Gasteiger partial charge on any atom is -0.456 e. The molecule has 0 aromatic heterocycles. The quantitative estimate of drug-likeness (QED) is 0.217. The zero-order valence-corrected chi connectivity index (χ0v) is 21.1. The Hall–Kier alpha value is -5.14. The van der Waals surface area contributed by atoms with E-state index >= 15 is 0 Å². The molecule has 0 saturated carbocycles. The first-order chi connectivity index (χ1) is 19.3. The van der Waals surface area contributed by atoms with Crippen molar-refractivity contribution in [1.82, 2.24) is 0 Å². The number of hydrogen-bond acceptors (Lipinski definition) is 1. The molecule has 0 N–H and O–H groups in total. The van der Waals surface area contributed by atoms with Crippen molar-refractivity contribution in [2.45, 2.75) is 0 Å². The molecule has 1 aliphatic heterocycles. The van der Waals surface area contributed by atoms with Crippen LogP contribution in [0.1, 0.15) is 0 Å². The van der Waals surface area contributed by atoms with Crippen molar-refractivity contribution in [3.05, 3.63) is 133 Å². The molecular weight excluding hydrogens is 472 g/mol. The Kier molecular flexibility index (Phi) is 4.11. The molecule has 1 nitrogen and oxygen atoms in total. The molecular formula is C38H22O. The molecule has 180 valence electrons. The summed E-state index contributed by atoms with van der Waals surface area (Å²) in [6.45, 7) is 0. The lowest BCUT2D eigenvalue weighted by atomic mass is 9.85. The van der Waals surface area contributed by atoms with Gasteiger partial charge in [-0.2, -0.15) is 0 Å². The first-order valence-corrected chi connectivity index (χ1v) is 13.4. The third kappa shape index (κ3) is 2.90. The summed E-state index contributed by atoms with van der Waals surface area (Å²) in [6, 6.07) is 48.3. The van der Waals surface area contributed by atoms with Crippen LogP contribution in [0, 0.1) is 0 Å². The van der Waals surface area contributed by atoms with E-state index in [0.717, 1.165) is 17.1 Å². The van der Waals surface area contributed by atoms with E-state index in [0.29, 0.717) is 0 Å². The molecule has 0 aliphatic carbocycles. The smallest absolute Gasteiger partial charge is 0.136 e. The van der Waals surface area contributed by atoms with Crippen molar-refractivity contribution in [3.8, 4) is 44.9 Å². The van der Waals surface area contributed by atoms with Gasteiger partial charge in [0.15, 0.2) is 0 Å². The molecule has 1 aliphatic rings. The fraction of sp³-hybridized carbons (Fsp3) is 0. The number of hydrogen-bond donors (Lipinski definition) is 0. The summed E-state index contributed by atoms with van der Waals surface area (Å²) in [7, 11) is 0. The summed E-state index contributed by atoms with van der Waals surface area (Å²) in [4.78, 5) is 0. The van der Waals surface area contributed by atoms with E-state index in [-0.39, 0.29) is 0 Å². The van der Waals surface area contributed by atoms with Gasteiger partial charge in [0, 0.05) is 10.9 Å². The minimum atomic E-state index is 0.915. The summed E-state index contributed by atoms with van der Waals surface area (Å²) >= 11 is 0. The zero-order chi connectivity index (χ0) is 25.5. The van der Waals surface area contributed by atoms with Crippen LogP contribution in [0.2, 0.25) is 0 Å². The van der Waals surface area contributed by atoms with Crippen molar-refractivity contribution < 1.29 is 4.74 Å². The lowest BCUT2D eigenvalue weighted by molar-refractivity contribution is 0.487. The normalized spacial score (nSPS) is 12.3. The molecule has 0 unspecified atom stereocenters. The molecule has 1 heteroatoms. The third-order valence-corrected chi connectivity index (χ3v) is 8.38. The molecule has 0 spiro atoms. The lowest BCUT2D eigenvalue weighted by Crippen LogP contribution is -1.97. The van der Waals surface area contributed by atoms with Gasteiger partial charge in [-0.3, -0.25) is 0 Å². The van der Waals surface area contributed by atoms with E-state index < -0.39 is 0 Å². The van der Waals surface area contributed by atoms with Crippen molar-refractivity contribution >= 4 is 43.1 Å². The maximum Gasteiger partial charge on any atom is 0.136 e. The number of para-hydroxylation sites is 1. The molecule has 0 amide bonds. The van der Waals surface area contributed by atoms with E-state index in [9.17, 15) is 0 Å². The van der Waals surface area contributed by atoms with Gasteiger partial charge in [-0.15, -0.1) is 0 Å². The van der Waals surface area contributed by atoms with Gasteiger partial charge in [0.2, 0.25) is 0 Å². The monoisotopic (exact) mass is 494 g/mol. The lowest BCUT2D eigenvalue weighted by Gasteiger charge is -2.23. The highest BCUT2D eigenvalue weighted by Gasteiger charge is 2.22. The van der Waals surface area contributed by atoms with Crippen LogP contribution in [-0.2, 0) is 0 Å². The molecule has 1 heterocycles. The van der Waals surface area contributed by atoms with Crippen LogP contribution < -0.4 is 4.74 Å². The van der Waals surface area contributed by atoms with Crippen molar-refractivity contribution in [2.24, 2.45) is 0 Å². The van der Waals surface area contributed by atoms with Gasteiger partial charge in [-0.25, -0.2) is 0 Å². The van der Waals surface area contributed by atoms with E-state index in [2.05, 4.69) is 127 Å². The van der Waals surface area contributed by atoms with Crippen molar-refractivity contribution in [3.63, 3.8) is 0 Å². The van der Waals surface area contributed by atoms with Crippen molar-refractivity contribution in [1.29, 1.82) is 0 Å². The fourth-order valence-corrected chi connectivity index (χ4v) is 6.68. The Morgan fingerprint density at radius 3 is 2.00 bits per heavy atom. The standard InChI is InChI=1S/C38H22O/c1-2-8-23(9-3-1)28-18-17-26-21-33(31-14-6-10-24-16-19-32(28)38(26)37(24)31)27-20-25-11-7-13-30-29-12-4-5-15-34(29)39-35(22-27)36(25)30/h1-22H. The molecule has 39 heavy (non-hydrogen) atoms. The SMILES string of the molecule is c1ccc(-c2ccc3cc(-c4cc5c6c(cccc6c4)-c4ccccc4O5)c4cccc5ccc2c3c54)cc1. The van der Waals surface area contributed by atoms with E-state index in [1.165, 1.54) is 70.9 Å². The molecule has 0 radical (unpaired) electrons. The van der Waals surface area contributed by atoms with Crippen LogP contribution in [0.5, 0.6) is 11.5 Å². The summed E-state index contributed by atoms with van der Waals surface area (Å²) in [5, 5.41) is 10.2. The van der Waals surface area contributed by atoms with Gasteiger partial charge in [-0.05, 0) is 89.8 Å². The van der Waals surface area contributed by atoms with E-state index in [4.69, 9.17) is 4.74 Å². The zero-order valence-electron chi connectivity index (χ0n) is 21.1. The van der Waals surface area contributed by atoms with Crippen molar-refractivity contribution in [2.75, 3.05) is 0 Å². The average Bonchev–Trinajstić information content (AvgIpc) is 3.00. The van der Waals surface area contributed by atoms with Gasteiger partial charge in [0.1, 0.15) is 11.5 Å². The number of fused-ring (bicyclic) bond motifs is 2. The summed E-state index contributed by atoms with van der Waals surface area (Å²) in [5.74, 6) is 1.84. The second-order valence-electron chi connectivity index (χ2n) is 10.5. The maximum atomic E-state index is 6.52. The van der Waals surface area contributed by atoms with Crippen LogP contribution >= 0.6 is 0 Å². The first kappa shape index (κ1) is 20.9. The van der Waals surface area contributed by atoms with Crippen LogP contribution in [0.15, 0.2) is 133 Å². The molecule has 0 fully saturated rings. The third-order valence-electron chi connectivity index (χ3n) is 8.38. The van der Waals surface area contributed by atoms with Crippen LogP contribution in [0.25, 0.3) is 76.5 Å². The molecule has 8 aromatic rings. The van der Waals surface area contributed by atoms with E-state index in [1.54, 1.807) is 0 Å². The Bertz CT molecular complexity index is 2240. The maximum absolute atomic E-state index is 6.52. The highest BCUT2D eigenvalue weighted by molar-refractivity contribution is 6.28. The van der Waals surface area contributed by atoms with Gasteiger partial charge in [0.05, 0.1) is 0 Å². The van der Waals surface area contributed by atoms with Gasteiger partial charge in [0.25, 0.3) is 0 Å². The molecule has 8 aromatic carbocycles. The minimum absolute atomic E-state index is 0.915. The number of rotatable bonds is 2. The number of ether oxygens (including phenoxy) is 1. The molecule has 0 saturated heterocycles. The Labute approximate surface area is 225 Å². The predicted molar refractivity (Wildman–Crippen MR) is 164 cm³/mol. The molecule has 0 atom stereocenters. The van der Waals surface area contributed by atoms with Gasteiger partial charge < -0.3 is 4.74 Å². The fourth-order valence-electron chi connectivity index (χ4n) is 6.68. The Morgan fingerprint density at radius 1 is 0.333 bits per heavy atom. The second kappa shape index (κ2) is 7.69. The van der Waals surface area contributed by atoms with Crippen LogP contribution in [0.4, 0.5) is 0 Å². The highest BCUT2D eigenvalue weighted by atomic mass is 16.5.